The van der Waals surface area contributed by atoms with Crippen molar-refractivity contribution in [1.29, 1.82) is 0 Å². The molecule has 0 spiro atoms. The molecule has 0 radical (unpaired) electrons. The molecule has 1 N–H and O–H groups in total. The van der Waals surface area contributed by atoms with E-state index in [-0.39, 0.29) is 0 Å². The number of hydrogen-bond donors (Lipinski definition) is 1. The quantitative estimate of drug-likeness (QED) is 0.806. The minimum atomic E-state index is 0.362. The highest BCUT2D eigenvalue weighted by Crippen LogP contribution is 2.27. The summed E-state index contributed by atoms with van der Waals surface area (Å²) in [6.45, 7) is 5.20. The SMILES string of the molecule is CC(C)C(CCl)NCc1ccn(C2CCCCC2)n1. The monoisotopic (exact) mass is 283 g/mol. The molecule has 0 bridgehead atoms. The molecule has 1 aromatic rings. The zero-order chi connectivity index (χ0) is 13.7. The third-order valence-electron chi connectivity index (χ3n) is 4.13. The molecule has 1 fully saturated rings. The Morgan fingerprint density at radius 3 is 2.74 bits per heavy atom. The molecular weight excluding hydrogens is 258 g/mol. The van der Waals surface area contributed by atoms with Crippen LogP contribution in [0.1, 0.15) is 57.7 Å². The lowest BCUT2D eigenvalue weighted by Crippen LogP contribution is -2.35. The minimum Gasteiger partial charge on any atom is -0.307 e. The van der Waals surface area contributed by atoms with Crippen LogP contribution in [-0.2, 0) is 6.54 Å². The first-order chi connectivity index (χ1) is 9.20. The van der Waals surface area contributed by atoms with Crippen molar-refractivity contribution < 1.29 is 0 Å². The fourth-order valence-electron chi connectivity index (χ4n) is 2.72. The van der Waals surface area contributed by atoms with Gasteiger partial charge in [0.2, 0.25) is 0 Å². The van der Waals surface area contributed by atoms with Crippen LogP contribution in [0.25, 0.3) is 0 Å². The average Bonchev–Trinajstić information content (AvgIpc) is 2.89. The van der Waals surface area contributed by atoms with Gasteiger partial charge in [0.25, 0.3) is 0 Å². The van der Waals surface area contributed by atoms with Gasteiger partial charge in [0, 0.05) is 24.7 Å². The van der Waals surface area contributed by atoms with Gasteiger partial charge in [0.15, 0.2) is 0 Å². The van der Waals surface area contributed by atoms with E-state index in [1.807, 2.05) is 0 Å². The molecule has 0 aliphatic heterocycles. The number of nitrogens with one attached hydrogen (secondary N) is 1. The van der Waals surface area contributed by atoms with Gasteiger partial charge < -0.3 is 5.32 Å². The summed E-state index contributed by atoms with van der Waals surface area (Å²) in [6.07, 6.45) is 8.78. The molecule has 3 nitrogen and oxygen atoms in total. The largest absolute Gasteiger partial charge is 0.307 e. The van der Waals surface area contributed by atoms with E-state index in [2.05, 4.69) is 36.1 Å². The Kier molecular flexibility index (Phi) is 5.71. The summed E-state index contributed by atoms with van der Waals surface area (Å²) in [5.41, 5.74) is 1.13. The summed E-state index contributed by atoms with van der Waals surface area (Å²) in [5.74, 6) is 1.21. The average molecular weight is 284 g/mol. The van der Waals surface area contributed by atoms with Gasteiger partial charge in [-0.15, -0.1) is 11.6 Å². The molecule has 1 saturated carbocycles. The van der Waals surface area contributed by atoms with Crippen molar-refractivity contribution in [3.8, 4) is 0 Å². The standard InChI is InChI=1S/C15H26ClN3/c1-12(2)15(10-16)17-11-13-8-9-19(18-13)14-6-4-3-5-7-14/h8-9,12,14-15,17H,3-7,10-11H2,1-2H3. The molecule has 2 rings (SSSR count). The van der Waals surface area contributed by atoms with Crippen LogP contribution in [0.15, 0.2) is 12.3 Å². The lowest BCUT2D eigenvalue weighted by molar-refractivity contribution is 0.327. The van der Waals surface area contributed by atoms with E-state index in [0.29, 0.717) is 23.9 Å². The topological polar surface area (TPSA) is 29.9 Å². The van der Waals surface area contributed by atoms with Crippen LogP contribution in [0.3, 0.4) is 0 Å². The van der Waals surface area contributed by atoms with E-state index >= 15 is 0 Å². The molecule has 0 saturated heterocycles. The summed E-state index contributed by atoms with van der Waals surface area (Å²) in [7, 11) is 0. The van der Waals surface area contributed by atoms with Crippen LogP contribution in [0.4, 0.5) is 0 Å². The maximum atomic E-state index is 5.97. The van der Waals surface area contributed by atoms with Crippen LogP contribution in [-0.4, -0.2) is 21.7 Å². The van der Waals surface area contributed by atoms with Crippen molar-refractivity contribution in [3.63, 3.8) is 0 Å². The molecule has 1 unspecified atom stereocenters. The molecule has 4 heteroatoms. The number of nitrogens with zero attached hydrogens (tertiary/aromatic N) is 2. The fourth-order valence-corrected chi connectivity index (χ4v) is 3.19. The van der Waals surface area contributed by atoms with Crippen LogP contribution in [0, 0.1) is 5.92 Å². The number of alkyl halides is 1. The van der Waals surface area contributed by atoms with E-state index in [0.717, 1.165) is 12.2 Å². The van der Waals surface area contributed by atoms with Gasteiger partial charge in [-0.3, -0.25) is 4.68 Å². The van der Waals surface area contributed by atoms with Gasteiger partial charge in [-0.25, -0.2) is 0 Å². The number of halogens is 1. The summed E-state index contributed by atoms with van der Waals surface area (Å²) >= 11 is 5.97. The zero-order valence-electron chi connectivity index (χ0n) is 12.1. The summed E-state index contributed by atoms with van der Waals surface area (Å²) in [5, 5.41) is 8.20. The van der Waals surface area contributed by atoms with E-state index < -0.39 is 0 Å². The zero-order valence-corrected chi connectivity index (χ0v) is 12.9. The Balaban J connectivity index is 1.86. The Labute approximate surface area is 121 Å². The summed E-state index contributed by atoms with van der Waals surface area (Å²) in [6, 6.07) is 3.12. The first-order valence-corrected chi connectivity index (χ1v) is 8.07. The van der Waals surface area contributed by atoms with Gasteiger partial charge in [0.1, 0.15) is 0 Å². The molecule has 1 aliphatic carbocycles. The van der Waals surface area contributed by atoms with E-state index in [9.17, 15) is 0 Å². The van der Waals surface area contributed by atoms with E-state index in [4.69, 9.17) is 16.7 Å². The predicted octanol–water partition coefficient (Wildman–Crippen LogP) is 3.74. The van der Waals surface area contributed by atoms with Gasteiger partial charge in [0.05, 0.1) is 11.7 Å². The van der Waals surface area contributed by atoms with Crippen molar-refractivity contribution in [3.05, 3.63) is 18.0 Å². The maximum Gasteiger partial charge on any atom is 0.0762 e. The third kappa shape index (κ3) is 4.22. The maximum absolute atomic E-state index is 5.97. The second kappa shape index (κ2) is 7.30. The van der Waals surface area contributed by atoms with Gasteiger partial charge >= 0.3 is 0 Å². The fraction of sp³-hybridized carbons (Fsp3) is 0.800. The Morgan fingerprint density at radius 1 is 1.37 bits per heavy atom. The molecular formula is C15H26ClN3. The second-order valence-electron chi connectivity index (χ2n) is 5.96. The Hall–Kier alpha value is -0.540. The molecule has 1 aromatic heterocycles. The van der Waals surface area contributed by atoms with Gasteiger partial charge in [-0.05, 0) is 24.8 Å². The predicted molar refractivity (Wildman–Crippen MR) is 80.5 cm³/mol. The van der Waals surface area contributed by atoms with Crippen molar-refractivity contribution in [2.75, 3.05) is 5.88 Å². The van der Waals surface area contributed by atoms with Crippen LogP contribution in [0.5, 0.6) is 0 Å². The Morgan fingerprint density at radius 2 is 2.11 bits per heavy atom. The highest BCUT2D eigenvalue weighted by Gasteiger charge is 2.16. The van der Waals surface area contributed by atoms with Crippen LogP contribution >= 0.6 is 11.6 Å². The molecule has 108 valence electrons. The first-order valence-electron chi connectivity index (χ1n) is 7.54. The van der Waals surface area contributed by atoms with Crippen LogP contribution < -0.4 is 5.32 Å². The third-order valence-corrected chi connectivity index (χ3v) is 4.46. The lowest BCUT2D eigenvalue weighted by atomic mass is 9.96. The summed E-state index contributed by atoms with van der Waals surface area (Å²) < 4.78 is 2.17. The van der Waals surface area contributed by atoms with Gasteiger partial charge in [-0.1, -0.05) is 33.1 Å². The second-order valence-corrected chi connectivity index (χ2v) is 6.27. The van der Waals surface area contributed by atoms with Gasteiger partial charge in [-0.2, -0.15) is 5.10 Å². The highest BCUT2D eigenvalue weighted by molar-refractivity contribution is 6.18. The molecule has 0 amide bonds. The van der Waals surface area contributed by atoms with Crippen molar-refractivity contribution in [2.24, 2.45) is 5.92 Å². The minimum absolute atomic E-state index is 0.362. The molecule has 19 heavy (non-hydrogen) atoms. The van der Waals surface area contributed by atoms with Crippen molar-refractivity contribution >= 4 is 11.6 Å². The first kappa shape index (κ1) is 14.9. The highest BCUT2D eigenvalue weighted by atomic mass is 35.5. The van der Waals surface area contributed by atoms with E-state index in [1.165, 1.54) is 32.1 Å². The molecule has 1 atom stereocenters. The van der Waals surface area contributed by atoms with Crippen LogP contribution in [0.2, 0.25) is 0 Å². The number of aromatic nitrogens is 2. The van der Waals surface area contributed by atoms with E-state index in [1.54, 1.807) is 0 Å². The normalized spacial score (nSPS) is 18.9. The molecule has 1 aliphatic rings. The van der Waals surface area contributed by atoms with Crippen molar-refractivity contribution in [1.82, 2.24) is 15.1 Å². The lowest BCUT2D eigenvalue weighted by Gasteiger charge is -2.22. The number of rotatable bonds is 6. The smallest absolute Gasteiger partial charge is 0.0762 e. The molecule has 0 aromatic carbocycles. The summed E-state index contributed by atoms with van der Waals surface area (Å²) in [4.78, 5) is 0. The number of hydrogen-bond acceptors (Lipinski definition) is 2. The molecule has 1 heterocycles. The van der Waals surface area contributed by atoms with Crippen molar-refractivity contribution in [2.45, 2.75) is 64.6 Å². The Bertz CT molecular complexity index is 369.